The number of anilines is 1. The Hall–Kier alpha value is -3.34. The first-order chi connectivity index (χ1) is 13.3. The van der Waals surface area contributed by atoms with Crippen molar-refractivity contribution in [2.45, 2.75) is 19.4 Å². The van der Waals surface area contributed by atoms with Crippen molar-refractivity contribution in [1.29, 1.82) is 0 Å². The number of carbonyl (C=O) groups excluding carboxylic acids is 1. The molecule has 0 radical (unpaired) electrons. The first-order valence-corrected chi connectivity index (χ1v) is 9.00. The first-order valence-electron chi connectivity index (χ1n) is 9.00. The second-order valence-electron chi connectivity index (χ2n) is 6.05. The molecule has 0 aliphatic heterocycles. The van der Waals surface area contributed by atoms with Gasteiger partial charge in [0.25, 0.3) is 0 Å². The number of allylic oxidation sites excluding steroid dienone is 1. The minimum absolute atomic E-state index is 0.0293. The molecule has 0 aliphatic rings. The fraction of sp³-hybridized carbons (Fsp3) is 0.182. The lowest BCUT2D eigenvalue weighted by Gasteiger charge is -2.12. The van der Waals surface area contributed by atoms with Crippen LogP contribution < -0.4 is 10.1 Å². The lowest BCUT2D eigenvalue weighted by atomic mass is 10.2. The van der Waals surface area contributed by atoms with Gasteiger partial charge in [0.15, 0.2) is 0 Å². The average molecular weight is 361 g/mol. The molecular formula is C22H23N3O2. The van der Waals surface area contributed by atoms with Gasteiger partial charge in [0.1, 0.15) is 12.4 Å². The number of hydrogen-bond acceptors (Lipinski definition) is 3. The van der Waals surface area contributed by atoms with Gasteiger partial charge in [-0.25, -0.2) is 4.98 Å². The normalized spacial score (nSPS) is 10.8. The van der Waals surface area contributed by atoms with E-state index in [1.807, 2.05) is 77.5 Å². The van der Waals surface area contributed by atoms with Crippen LogP contribution in [0.3, 0.4) is 0 Å². The van der Waals surface area contributed by atoms with Gasteiger partial charge in [-0.15, -0.1) is 0 Å². The molecule has 138 valence electrons. The highest BCUT2D eigenvalue weighted by Gasteiger charge is 2.07. The van der Waals surface area contributed by atoms with E-state index < -0.39 is 0 Å². The summed E-state index contributed by atoms with van der Waals surface area (Å²) in [6.07, 6.45) is 10.5. The van der Waals surface area contributed by atoms with Gasteiger partial charge in [-0.05, 0) is 24.1 Å². The Bertz CT molecular complexity index is 858. The lowest BCUT2D eigenvalue weighted by Crippen LogP contribution is -2.13. The molecule has 0 bridgehead atoms. The zero-order valence-corrected chi connectivity index (χ0v) is 15.1. The highest BCUT2D eigenvalue weighted by Crippen LogP contribution is 2.24. The third-order valence-electron chi connectivity index (χ3n) is 3.98. The van der Waals surface area contributed by atoms with E-state index in [2.05, 4.69) is 10.3 Å². The van der Waals surface area contributed by atoms with Crippen LogP contribution in [0, 0.1) is 0 Å². The van der Waals surface area contributed by atoms with Gasteiger partial charge in [-0.3, -0.25) is 4.79 Å². The number of benzene rings is 2. The molecule has 0 atom stereocenters. The van der Waals surface area contributed by atoms with E-state index in [1.165, 1.54) is 0 Å². The van der Waals surface area contributed by atoms with Crippen LogP contribution in [-0.2, 0) is 11.3 Å². The first kappa shape index (κ1) is 18.5. The standard InChI is InChI=1S/C22H23N3O2/c26-22(13-7-4-10-19-8-2-1-3-9-19)24-20-11-5-6-12-21(20)27-17-16-25-15-14-23-18-25/h1-6,8-12,14-15,18H,7,13,16-17H2,(H,24,26)/b10-4+. The third-order valence-corrected chi connectivity index (χ3v) is 3.98. The molecule has 0 unspecified atom stereocenters. The van der Waals surface area contributed by atoms with E-state index in [1.54, 1.807) is 12.5 Å². The van der Waals surface area contributed by atoms with Crippen molar-refractivity contribution in [2.75, 3.05) is 11.9 Å². The molecular weight excluding hydrogens is 338 g/mol. The van der Waals surface area contributed by atoms with Gasteiger partial charge in [-0.1, -0.05) is 54.6 Å². The molecule has 0 aliphatic carbocycles. The number of ether oxygens (including phenoxy) is 1. The minimum atomic E-state index is -0.0293. The molecule has 3 aromatic rings. The van der Waals surface area contributed by atoms with Crippen molar-refractivity contribution in [3.63, 3.8) is 0 Å². The van der Waals surface area contributed by atoms with Crippen LogP contribution in [0.2, 0.25) is 0 Å². The summed E-state index contributed by atoms with van der Waals surface area (Å²) in [7, 11) is 0. The van der Waals surface area contributed by atoms with Crippen molar-refractivity contribution in [1.82, 2.24) is 9.55 Å². The van der Waals surface area contributed by atoms with Crippen molar-refractivity contribution in [2.24, 2.45) is 0 Å². The molecule has 3 rings (SSSR count). The molecule has 0 saturated carbocycles. The van der Waals surface area contributed by atoms with E-state index in [0.29, 0.717) is 37.4 Å². The Morgan fingerprint density at radius 3 is 2.74 bits per heavy atom. The maximum absolute atomic E-state index is 12.2. The number of para-hydroxylation sites is 2. The molecule has 5 nitrogen and oxygen atoms in total. The number of imidazole rings is 1. The van der Waals surface area contributed by atoms with Crippen molar-refractivity contribution in [3.8, 4) is 5.75 Å². The molecule has 0 saturated heterocycles. The summed E-state index contributed by atoms with van der Waals surface area (Å²) in [6, 6.07) is 17.5. The molecule has 2 aromatic carbocycles. The molecule has 1 N–H and O–H groups in total. The zero-order valence-electron chi connectivity index (χ0n) is 15.1. The number of hydrogen-bond donors (Lipinski definition) is 1. The second-order valence-corrected chi connectivity index (χ2v) is 6.05. The molecule has 5 heteroatoms. The van der Waals surface area contributed by atoms with Crippen LogP contribution in [0.25, 0.3) is 6.08 Å². The SMILES string of the molecule is O=C(CC/C=C/c1ccccc1)Nc1ccccc1OCCn1ccnc1. The minimum Gasteiger partial charge on any atom is -0.490 e. The Balaban J connectivity index is 1.46. The third kappa shape index (κ3) is 6.15. The fourth-order valence-corrected chi connectivity index (χ4v) is 2.59. The molecule has 1 heterocycles. The van der Waals surface area contributed by atoms with Gasteiger partial charge < -0.3 is 14.6 Å². The quantitative estimate of drug-likeness (QED) is 0.615. The predicted octanol–water partition coefficient (Wildman–Crippen LogP) is 4.39. The number of rotatable bonds is 9. The van der Waals surface area contributed by atoms with Crippen molar-refractivity contribution in [3.05, 3.63) is 85.0 Å². The zero-order chi connectivity index (χ0) is 18.7. The number of amides is 1. The van der Waals surface area contributed by atoms with Crippen LogP contribution >= 0.6 is 0 Å². The molecule has 0 spiro atoms. The maximum atomic E-state index is 12.2. The highest BCUT2D eigenvalue weighted by atomic mass is 16.5. The van der Waals surface area contributed by atoms with Gasteiger partial charge in [0.2, 0.25) is 5.91 Å². The van der Waals surface area contributed by atoms with Gasteiger partial charge >= 0.3 is 0 Å². The Labute approximate surface area is 159 Å². The van der Waals surface area contributed by atoms with Crippen LogP contribution in [0.1, 0.15) is 18.4 Å². The smallest absolute Gasteiger partial charge is 0.224 e. The molecule has 1 amide bonds. The summed E-state index contributed by atoms with van der Waals surface area (Å²) < 4.78 is 7.76. The average Bonchev–Trinajstić information content (AvgIpc) is 3.21. The van der Waals surface area contributed by atoms with Crippen molar-refractivity contribution >= 4 is 17.7 Å². The number of carbonyl (C=O) groups is 1. The number of aromatic nitrogens is 2. The maximum Gasteiger partial charge on any atom is 0.224 e. The Morgan fingerprint density at radius 2 is 1.93 bits per heavy atom. The highest BCUT2D eigenvalue weighted by molar-refractivity contribution is 5.92. The van der Waals surface area contributed by atoms with Crippen molar-refractivity contribution < 1.29 is 9.53 Å². The summed E-state index contributed by atoms with van der Waals surface area (Å²) in [4.78, 5) is 16.2. The molecule has 0 fully saturated rings. The van der Waals surface area contributed by atoms with E-state index in [4.69, 9.17) is 4.74 Å². The van der Waals surface area contributed by atoms with E-state index in [9.17, 15) is 4.79 Å². The van der Waals surface area contributed by atoms with Gasteiger partial charge in [0, 0.05) is 18.8 Å². The second kappa shape index (κ2) is 9.97. The predicted molar refractivity (Wildman–Crippen MR) is 108 cm³/mol. The molecule has 27 heavy (non-hydrogen) atoms. The van der Waals surface area contributed by atoms with E-state index in [-0.39, 0.29) is 5.91 Å². The number of nitrogens with one attached hydrogen (secondary N) is 1. The van der Waals surface area contributed by atoms with Crippen LogP contribution in [0.4, 0.5) is 5.69 Å². The van der Waals surface area contributed by atoms with Crippen LogP contribution in [0.15, 0.2) is 79.4 Å². The monoisotopic (exact) mass is 361 g/mol. The largest absolute Gasteiger partial charge is 0.490 e. The van der Waals surface area contributed by atoms with E-state index >= 15 is 0 Å². The van der Waals surface area contributed by atoms with Crippen LogP contribution in [0.5, 0.6) is 5.75 Å². The Kier molecular flexibility index (Phi) is 6.81. The summed E-state index contributed by atoms with van der Waals surface area (Å²) in [5.74, 6) is 0.643. The summed E-state index contributed by atoms with van der Waals surface area (Å²) in [6.45, 7) is 1.20. The van der Waals surface area contributed by atoms with E-state index in [0.717, 1.165) is 5.56 Å². The topological polar surface area (TPSA) is 56.1 Å². The van der Waals surface area contributed by atoms with Crippen LogP contribution in [-0.4, -0.2) is 22.1 Å². The fourth-order valence-electron chi connectivity index (χ4n) is 2.59. The van der Waals surface area contributed by atoms with Gasteiger partial charge in [0.05, 0.1) is 18.6 Å². The molecule has 1 aromatic heterocycles. The summed E-state index contributed by atoms with van der Waals surface area (Å²) >= 11 is 0. The summed E-state index contributed by atoms with van der Waals surface area (Å²) in [5, 5.41) is 2.94. The number of nitrogens with zero attached hydrogens (tertiary/aromatic N) is 2. The Morgan fingerprint density at radius 1 is 1.11 bits per heavy atom. The lowest BCUT2D eigenvalue weighted by molar-refractivity contribution is -0.116. The summed E-state index contributed by atoms with van der Waals surface area (Å²) in [5.41, 5.74) is 1.83. The van der Waals surface area contributed by atoms with Gasteiger partial charge in [-0.2, -0.15) is 0 Å².